The molecule has 5 rings (SSSR count). The lowest BCUT2D eigenvalue weighted by molar-refractivity contribution is -0.143. The van der Waals surface area contributed by atoms with E-state index in [1.54, 1.807) is 40.2 Å². The number of rotatable bonds is 5. The zero-order valence-electron chi connectivity index (χ0n) is 22.2. The number of aliphatic imine (C=N–C) groups is 1. The Bertz CT molecular complexity index is 1600. The van der Waals surface area contributed by atoms with E-state index in [1.807, 2.05) is 5.38 Å². The third kappa shape index (κ3) is 7.10. The lowest BCUT2D eigenvalue weighted by Crippen LogP contribution is -2.36. The summed E-state index contributed by atoms with van der Waals surface area (Å²) in [5.41, 5.74) is -2.42. The van der Waals surface area contributed by atoms with Gasteiger partial charge in [-0.25, -0.2) is 14.2 Å². The van der Waals surface area contributed by atoms with E-state index in [0.29, 0.717) is 23.7 Å². The number of hydrogen-bond acceptors (Lipinski definition) is 7. The molecule has 1 atom stereocenters. The molecule has 1 aliphatic heterocycles. The summed E-state index contributed by atoms with van der Waals surface area (Å²) in [5.74, 6) is -2.07. The number of carbonyl (C=O) groups is 1. The Kier molecular flexibility index (Phi) is 9.35. The highest BCUT2D eigenvalue weighted by Crippen LogP contribution is 2.43. The van der Waals surface area contributed by atoms with Crippen LogP contribution < -0.4 is 0 Å². The van der Waals surface area contributed by atoms with Crippen molar-refractivity contribution in [2.45, 2.75) is 32.2 Å². The van der Waals surface area contributed by atoms with Crippen LogP contribution in [0.4, 0.5) is 30.7 Å². The van der Waals surface area contributed by atoms with Crippen molar-refractivity contribution in [3.05, 3.63) is 104 Å². The average Bonchev–Trinajstić information content (AvgIpc) is 3.69. The predicted octanol–water partition coefficient (Wildman–Crippen LogP) is 8.31. The summed E-state index contributed by atoms with van der Waals surface area (Å²) in [6.45, 7) is 3.56. The summed E-state index contributed by atoms with van der Waals surface area (Å²) in [6, 6.07) is 2.35. The Morgan fingerprint density at radius 2 is 1.67 bits per heavy atom. The number of aliphatic carboxylic acids is 1. The summed E-state index contributed by atoms with van der Waals surface area (Å²) in [5, 5.41) is 14.1. The van der Waals surface area contributed by atoms with Gasteiger partial charge in [0.05, 0.1) is 22.2 Å². The molecule has 226 valence electrons. The third-order valence-electron chi connectivity index (χ3n) is 6.30. The minimum atomic E-state index is -5.13. The van der Waals surface area contributed by atoms with Gasteiger partial charge in [0.15, 0.2) is 10.8 Å². The van der Waals surface area contributed by atoms with E-state index in [0.717, 1.165) is 18.2 Å². The molecule has 0 saturated carbocycles. The molecule has 2 aromatic heterocycles. The molecular formula is C28H21F7N4O2S2. The summed E-state index contributed by atoms with van der Waals surface area (Å²) in [7, 11) is 0. The van der Waals surface area contributed by atoms with Crippen molar-refractivity contribution in [1.29, 1.82) is 0 Å². The smallest absolute Gasteiger partial charge is 0.416 e. The van der Waals surface area contributed by atoms with Gasteiger partial charge in [0.2, 0.25) is 0 Å². The van der Waals surface area contributed by atoms with Crippen LogP contribution in [0.25, 0.3) is 11.1 Å². The molecule has 2 aromatic carbocycles. The Morgan fingerprint density at radius 1 is 1.00 bits per heavy atom. The molecule has 4 aromatic rings. The maximum atomic E-state index is 14.4. The van der Waals surface area contributed by atoms with E-state index < -0.39 is 46.9 Å². The minimum absolute atomic E-state index is 0.0341. The van der Waals surface area contributed by atoms with Gasteiger partial charge in [0.1, 0.15) is 11.9 Å². The van der Waals surface area contributed by atoms with Crippen molar-refractivity contribution in [2.75, 3.05) is 6.54 Å². The zero-order valence-corrected chi connectivity index (χ0v) is 23.9. The van der Waals surface area contributed by atoms with Gasteiger partial charge < -0.3 is 10.0 Å². The van der Waals surface area contributed by atoms with E-state index in [1.165, 1.54) is 24.5 Å². The standard InChI is InChI=1S/C25H18F7N3O2S.C3H3NS/c1-3-35-12(2)19(23(36)37)20(34-21(35)22-33-6-7-38-22)17-5-4-16(26)11-18(17)13-8-14(24(27,28)29)10-15(9-13)25(30,31)32;1-2-5-3-4-1/h4-11,20H,3H2,1-2H3,(H,36,37);1-3H. The quantitative estimate of drug-likeness (QED) is 0.222. The first-order valence-corrected chi connectivity index (χ1v) is 14.1. The second-order valence-electron chi connectivity index (χ2n) is 8.94. The minimum Gasteiger partial charge on any atom is -0.478 e. The molecule has 3 heterocycles. The zero-order chi connectivity index (χ0) is 31.5. The van der Waals surface area contributed by atoms with E-state index in [9.17, 15) is 40.6 Å². The highest BCUT2D eigenvalue weighted by Gasteiger charge is 2.39. The van der Waals surface area contributed by atoms with E-state index in [-0.39, 0.29) is 34.3 Å². The summed E-state index contributed by atoms with van der Waals surface area (Å²) in [6.07, 6.45) is -6.99. The normalized spacial score (nSPS) is 15.6. The molecule has 43 heavy (non-hydrogen) atoms. The number of thiazole rings is 2. The molecule has 0 saturated heterocycles. The number of hydrogen-bond donors (Lipinski definition) is 1. The fourth-order valence-corrected chi connectivity index (χ4v) is 5.44. The van der Waals surface area contributed by atoms with Crippen molar-refractivity contribution in [3.63, 3.8) is 0 Å². The van der Waals surface area contributed by atoms with Crippen LogP contribution in [0.3, 0.4) is 0 Å². The first kappa shape index (κ1) is 31.8. The molecule has 0 spiro atoms. The van der Waals surface area contributed by atoms with Gasteiger partial charge in [-0.15, -0.1) is 22.7 Å². The van der Waals surface area contributed by atoms with Crippen LogP contribution in [0.1, 0.15) is 41.6 Å². The highest BCUT2D eigenvalue weighted by molar-refractivity contribution is 7.11. The van der Waals surface area contributed by atoms with Crippen molar-refractivity contribution in [3.8, 4) is 11.1 Å². The Balaban J connectivity index is 0.000000767. The second kappa shape index (κ2) is 12.6. The van der Waals surface area contributed by atoms with Gasteiger partial charge in [-0.1, -0.05) is 6.07 Å². The molecule has 15 heteroatoms. The number of allylic oxidation sites excluding steroid dienone is 1. The molecule has 1 unspecified atom stereocenters. The topological polar surface area (TPSA) is 78.7 Å². The number of halogens is 7. The summed E-state index contributed by atoms with van der Waals surface area (Å²) < 4.78 is 95.6. The number of benzene rings is 2. The van der Waals surface area contributed by atoms with Gasteiger partial charge >= 0.3 is 18.3 Å². The molecule has 1 N–H and O–H groups in total. The predicted molar refractivity (Wildman–Crippen MR) is 148 cm³/mol. The van der Waals surface area contributed by atoms with Crippen LogP contribution in [0.5, 0.6) is 0 Å². The third-order valence-corrected chi connectivity index (χ3v) is 7.59. The van der Waals surface area contributed by atoms with Crippen molar-refractivity contribution in [2.24, 2.45) is 4.99 Å². The first-order chi connectivity index (χ1) is 20.2. The maximum absolute atomic E-state index is 14.4. The van der Waals surface area contributed by atoms with E-state index >= 15 is 0 Å². The van der Waals surface area contributed by atoms with Crippen LogP contribution in [-0.2, 0) is 17.1 Å². The van der Waals surface area contributed by atoms with Crippen LogP contribution in [0.15, 0.2) is 81.3 Å². The molecule has 0 aliphatic carbocycles. The summed E-state index contributed by atoms with van der Waals surface area (Å²) >= 11 is 2.81. The average molecular weight is 643 g/mol. The Labute approximate surface area is 248 Å². The Morgan fingerprint density at radius 3 is 2.14 bits per heavy atom. The largest absolute Gasteiger partial charge is 0.478 e. The number of alkyl halides is 6. The van der Waals surface area contributed by atoms with Crippen LogP contribution in [-0.4, -0.2) is 38.3 Å². The van der Waals surface area contributed by atoms with Gasteiger partial charge in [-0.3, -0.25) is 9.98 Å². The first-order valence-electron chi connectivity index (χ1n) is 12.3. The van der Waals surface area contributed by atoms with Gasteiger partial charge in [-0.2, -0.15) is 26.3 Å². The highest BCUT2D eigenvalue weighted by atomic mass is 32.1. The summed E-state index contributed by atoms with van der Waals surface area (Å²) in [4.78, 5) is 26.4. The molecule has 0 fully saturated rings. The van der Waals surface area contributed by atoms with Crippen LogP contribution in [0.2, 0.25) is 0 Å². The molecule has 0 amide bonds. The fraction of sp³-hybridized carbons (Fsp3) is 0.214. The van der Waals surface area contributed by atoms with E-state index in [4.69, 9.17) is 0 Å². The number of carboxylic acids is 1. The lowest BCUT2D eigenvalue weighted by Gasteiger charge is -2.33. The molecule has 6 nitrogen and oxygen atoms in total. The van der Waals surface area contributed by atoms with Gasteiger partial charge in [0, 0.05) is 35.4 Å². The number of amidine groups is 1. The fourth-order valence-electron chi connectivity index (χ4n) is 4.45. The molecular weight excluding hydrogens is 621 g/mol. The van der Waals surface area contributed by atoms with Crippen LogP contribution in [0, 0.1) is 5.82 Å². The van der Waals surface area contributed by atoms with E-state index in [2.05, 4.69) is 15.0 Å². The van der Waals surface area contributed by atoms with Crippen molar-refractivity contribution in [1.82, 2.24) is 14.9 Å². The molecule has 0 bridgehead atoms. The van der Waals surface area contributed by atoms with Crippen molar-refractivity contribution >= 4 is 34.5 Å². The molecule has 0 radical (unpaired) electrons. The Hall–Kier alpha value is -4.11. The van der Waals surface area contributed by atoms with Gasteiger partial charge in [-0.05, 0) is 60.9 Å². The van der Waals surface area contributed by atoms with Crippen LogP contribution >= 0.6 is 22.7 Å². The number of carboxylic acid groups (broad SMARTS) is 1. The SMILES string of the molecule is CCN1C(c2nccs2)=NC(c2ccc(F)cc2-c2cc(C(F)(F)F)cc(C(F)(F)F)c2)C(C(=O)O)=C1C.c1cscn1. The van der Waals surface area contributed by atoms with Crippen molar-refractivity contribution < 1.29 is 40.6 Å². The monoisotopic (exact) mass is 642 g/mol. The molecule has 1 aliphatic rings. The number of nitrogens with zero attached hydrogens (tertiary/aromatic N) is 4. The number of aromatic nitrogens is 2. The van der Waals surface area contributed by atoms with Gasteiger partial charge in [0.25, 0.3) is 0 Å². The second-order valence-corrected chi connectivity index (χ2v) is 10.6. The lowest BCUT2D eigenvalue weighted by atomic mass is 9.88. The maximum Gasteiger partial charge on any atom is 0.416 e.